The van der Waals surface area contributed by atoms with Gasteiger partial charge in [-0.2, -0.15) is 0 Å². The quantitative estimate of drug-likeness (QED) is 0.876. The molecule has 0 saturated heterocycles. The molecule has 0 radical (unpaired) electrons. The maximum atomic E-state index is 10.4. The van der Waals surface area contributed by atoms with E-state index < -0.39 is 6.10 Å². The lowest BCUT2D eigenvalue weighted by Gasteiger charge is -2.33. The molecule has 0 amide bonds. The van der Waals surface area contributed by atoms with Crippen LogP contribution >= 0.6 is 0 Å². The fourth-order valence-corrected chi connectivity index (χ4v) is 1.96. The maximum Gasteiger partial charge on any atom is 0.119 e. The number of aliphatic hydroxyl groups is 1. The lowest BCUT2D eigenvalue weighted by molar-refractivity contribution is -0.0724. The van der Waals surface area contributed by atoms with Gasteiger partial charge in [0.15, 0.2) is 0 Å². The van der Waals surface area contributed by atoms with Gasteiger partial charge in [0, 0.05) is 7.11 Å². The van der Waals surface area contributed by atoms with Crippen molar-refractivity contribution in [3.05, 3.63) is 29.8 Å². The largest absolute Gasteiger partial charge is 0.497 e. The lowest BCUT2D eigenvalue weighted by Crippen LogP contribution is -2.34. The highest BCUT2D eigenvalue weighted by Crippen LogP contribution is 2.33. The summed E-state index contributed by atoms with van der Waals surface area (Å²) in [6.07, 6.45) is -0.912. The van der Waals surface area contributed by atoms with Crippen LogP contribution in [0, 0.1) is 5.41 Å². The van der Waals surface area contributed by atoms with E-state index in [1.54, 1.807) is 14.2 Å². The molecule has 0 heterocycles. The van der Waals surface area contributed by atoms with Gasteiger partial charge in [0.1, 0.15) is 11.9 Å². The molecule has 0 aliphatic rings. The summed E-state index contributed by atoms with van der Waals surface area (Å²) < 4.78 is 10.6. The Morgan fingerprint density at radius 3 is 2.29 bits per heavy atom. The molecule has 1 N–H and O–H groups in total. The van der Waals surface area contributed by atoms with E-state index in [1.807, 2.05) is 45.0 Å². The van der Waals surface area contributed by atoms with Crippen LogP contribution in [0.25, 0.3) is 0 Å². The third-order valence-corrected chi connectivity index (χ3v) is 2.83. The van der Waals surface area contributed by atoms with Crippen LogP contribution in [-0.4, -0.2) is 25.4 Å². The van der Waals surface area contributed by atoms with Crippen LogP contribution in [0.2, 0.25) is 0 Å². The lowest BCUT2D eigenvalue weighted by atomic mass is 9.83. The standard InChI is InChI=1S/C14H22O3/c1-14(2,3)13(17-5)12(15)10-7-6-8-11(9-10)16-4/h6-9,12-13,15H,1-5H3. The van der Waals surface area contributed by atoms with Crippen molar-refractivity contribution < 1.29 is 14.6 Å². The molecule has 0 saturated carbocycles. The van der Waals surface area contributed by atoms with Crippen LogP contribution in [-0.2, 0) is 4.74 Å². The first-order valence-electron chi connectivity index (χ1n) is 5.75. The van der Waals surface area contributed by atoms with Crippen LogP contribution < -0.4 is 4.74 Å². The van der Waals surface area contributed by atoms with E-state index in [1.165, 1.54) is 0 Å². The zero-order chi connectivity index (χ0) is 13.1. The third kappa shape index (κ3) is 3.45. The predicted octanol–water partition coefficient (Wildman–Crippen LogP) is 2.79. The number of hydrogen-bond donors (Lipinski definition) is 1. The molecule has 0 bridgehead atoms. The second-order valence-electron chi connectivity index (χ2n) is 5.24. The summed E-state index contributed by atoms with van der Waals surface area (Å²) in [5.41, 5.74) is 0.683. The van der Waals surface area contributed by atoms with Gasteiger partial charge in [-0.15, -0.1) is 0 Å². The first-order chi connectivity index (χ1) is 7.90. The van der Waals surface area contributed by atoms with E-state index in [4.69, 9.17) is 9.47 Å². The monoisotopic (exact) mass is 238 g/mol. The Morgan fingerprint density at radius 2 is 1.82 bits per heavy atom. The summed E-state index contributed by atoms with van der Waals surface area (Å²) in [6.45, 7) is 6.14. The smallest absolute Gasteiger partial charge is 0.119 e. The van der Waals surface area contributed by atoms with Gasteiger partial charge in [0.25, 0.3) is 0 Å². The molecule has 2 atom stereocenters. The van der Waals surface area contributed by atoms with Crippen LogP contribution in [0.1, 0.15) is 32.4 Å². The van der Waals surface area contributed by atoms with Crippen molar-refractivity contribution in [2.75, 3.05) is 14.2 Å². The van der Waals surface area contributed by atoms with Crippen LogP contribution in [0.5, 0.6) is 5.75 Å². The number of ether oxygens (including phenoxy) is 2. The molecule has 0 spiro atoms. The van der Waals surface area contributed by atoms with E-state index in [9.17, 15) is 5.11 Å². The second kappa shape index (κ2) is 5.52. The molecular formula is C14H22O3. The molecule has 0 aliphatic carbocycles. The zero-order valence-electron chi connectivity index (χ0n) is 11.2. The highest BCUT2D eigenvalue weighted by atomic mass is 16.5. The van der Waals surface area contributed by atoms with E-state index in [0.29, 0.717) is 0 Å². The molecule has 3 nitrogen and oxygen atoms in total. The Bertz CT molecular complexity index is 355. The first kappa shape index (κ1) is 14.0. The molecule has 1 aromatic rings. The minimum absolute atomic E-state index is 0.128. The first-order valence-corrected chi connectivity index (χ1v) is 5.75. The van der Waals surface area contributed by atoms with Crippen molar-refractivity contribution in [3.8, 4) is 5.75 Å². The van der Waals surface area contributed by atoms with Gasteiger partial charge in [-0.25, -0.2) is 0 Å². The van der Waals surface area contributed by atoms with Crippen molar-refractivity contribution >= 4 is 0 Å². The van der Waals surface area contributed by atoms with Gasteiger partial charge in [0.05, 0.1) is 13.2 Å². The molecule has 1 aromatic carbocycles. The van der Waals surface area contributed by atoms with Crippen molar-refractivity contribution in [3.63, 3.8) is 0 Å². The predicted molar refractivity (Wildman–Crippen MR) is 68.2 cm³/mol. The molecule has 1 rings (SSSR count). The Labute approximate surface area is 103 Å². The average molecular weight is 238 g/mol. The average Bonchev–Trinajstić information content (AvgIpc) is 2.28. The number of aliphatic hydroxyl groups excluding tert-OH is 1. The molecular weight excluding hydrogens is 216 g/mol. The third-order valence-electron chi connectivity index (χ3n) is 2.83. The molecule has 0 fully saturated rings. The van der Waals surface area contributed by atoms with E-state index in [0.717, 1.165) is 11.3 Å². The van der Waals surface area contributed by atoms with Gasteiger partial charge in [-0.3, -0.25) is 0 Å². The fourth-order valence-electron chi connectivity index (χ4n) is 1.96. The summed E-state index contributed by atoms with van der Waals surface area (Å²) in [6, 6.07) is 7.44. The Kier molecular flexibility index (Phi) is 4.54. The summed E-state index contributed by atoms with van der Waals surface area (Å²) in [5.74, 6) is 0.741. The topological polar surface area (TPSA) is 38.7 Å². The molecule has 17 heavy (non-hydrogen) atoms. The van der Waals surface area contributed by atoms with E-state index >= 15 is 0 Å². The number of benzene rings is 1. The van der Waals surface area contributed by atoms with Gasteiger partial charge < -0.3 is 14.6 Å². The van der Waals surface area contributed by atoms with E-state index in [2.05, 4.69) is 0 Å². The number of rotatable bonds is 4. The summed E-state index contributed by atoms with van der Waals surface area (Å²) in [4.78, 5) is 0. The van der Waals surface area contributed by atoms with Gasteiger partial charge in [0.2, 0.25) is 0 Å². The van der Waals surface area contributed by atoms with Crippen LogP contribution in [0.15, 0.2) is 24.3 Å². The maximum absolute atomic E-state index is 10.4. The van der Waals surface area contributed by atoms with Crippen LogP contribution in [0.4, 0.5) is 0 Å². The van der Waals surface area contributed by atoms with Crippen molar-refractivity contribution in [2.24, 2.45) is 5.41 Å². The van der Waals surface area contributed by atoms with Gasteiger partial charge in [-0.05, 0) is 23.1 Å². The summed E-state index contributed by atoms with van der Waals surface area (Å²) in [7, 11) is 3.24. The van der Waals surface area contributed by atoms with Crippen molar-refractivity contribution in [1.82, 2.24) is 0 Å². The normalized spacial score (nSPS) is 15.4. The summed E-state index contributed by atoms with van der Waals surface area (Å²) >= 11 is 0. The summed E-state index contributed by atoms with van der Waals surface area (Å²) in [5, 5.41) is 10.4. The van der Waals surface area contributed by atoms with Gasteiger partial charge >= 0.3 is 0 Å². The Morgan fingerprint density at radius 1 is 1.18 bits per heavy atom. The Hall–Kier alpha value is -1.06. The van der Waals surface area contributed by atoms with Crippen molar-refractivity contribution in [2.45, 2.75) is 33.0 Å². The second-order valence-corrected chi connectivity index (χ2v) is 5.24. The van der Waals surface area contributed by atoms with Crippen molar-refractivity contribution in [1.29, 1.82) is 0 Å². The number of methoxy groups -OCH3 is 2. The highest BCUT2D eigenvalue weighted by molar-refractivity contribution is 5.30. The molecule has 3 heteroatoms. The molecule has 96 valence electrons. The molecule has 2 unspecified atom stereocenters. The minimum Gasteiger partial charge on any atom is -0.497 e. The highest BCUT2D eigenvalue weighted by Gasteiger charge is 2.32. The SMILES string of the molecule is COc1cccc(C(O)C(OC)C(C)(C)C)c1. The minimum atomic E-state index is -0.657. The number of hydrogen-bond acceptors (Lipinski definition) is 3. The zero-order valence-corrected chi connectivity index (χ0v) is 11.2. The molecule has 0 aliphatic heterocycles. The fraction of sp³-hybridized carbons (Fsp3) is 0.571. The van der Waals surface area contributed by atoms with E-state index in [-0.39, 0.29) is 11.5 Å². The van der Waals surface area contributed by atoms with Gasteiger partial charge in [-0.1, -0.05) is 32.9 Å². The Balaban J connectivity index is 2.97. The van der Waals surface area contributed by atoms with Crippen LogP contribution in [0.3, 0.4) is 0 Å². The molecule has 0 aromatic heterocycles.